The van der Waals surface area contributed by atoms with Crippen LogP contribution < -0.4 is 32.7 Å². The van der Waals surface area contributed by atoms with Gasteiger partial charge in [-0.2, -0.15) is 26.3 Å². The van der Waals surface area contributed by atoms with Crippen LogP contribution in [0.15, 0.2) is 48.5 Å². The van der Waals surface area contributed by atoms with E-state index in [4.69, 9.17) is 31.3 Å². The minimum absolute atomic E-state index is 0.0575. The Balaban J connectivity index is 0.00000551. The van der Waals surface area contributed by atoms with E-state index in [2.05, 4.69) is 53.9 Å². The van der Waals surface area contributed by atoms with Gasteiger partial charge in [0, 0.05) is 79.8 Å². The number of hydrogen-bond acceptors (Lipinski definition) is 9. The van der Waals surface area contributed by atoms with E-state index in [1.807, 2.05) is 12.1 Å². The monoisotopic (exact) mass is 1340 g/mol. The Bertz CT molecular complexity index is 2270. The molecule has 0 spiro atoms. The summed E-state index contributed by atoms with van der Waals surface area (Å²) in [6.07, 6.45) is 29.1. The molecule has 0 aliphatic carbocycles. The summed E-state index contributed by atoms with van der Waals surface area (Å²) in [6, 6.07) is 14.3. The molecule has 0 aliphatic rings. The molecule has 0 unspecified atom stereocenters. The Hall–Kier alpha value is -6.21. The number of unbranched alkanes of at least 4 members (excludes halogenated alkanes) is 27. The number of nitrogens with zero attached hydrogens (tertiary/aromatic N) is 1. The van der Waals surface area contributed by atoms with Crippen LogP contribution in [0.1, 0.15) is 297 Å². The SMILES string of the molecule is CCCCCCCCCCCCNC(=O)CCC(CCC(=O)NCCCCCCCCCCCC)(CCC(=O)NCCCCCCCCCCCC)NC(=O)c1ccc(C#Cc2ccc(C(=O)N(CCCN)CCCN)cc2)cc1.O=C(O)C(F)(F)F.O=C(O)C(F)(F)F. The highest BCUT2D eigenvalue weighted by Gasteiger charge is 2.39. The van der Waals surface area contributed by atoms with Gasteiger partial charge in [0.1, 0.15) is 0 Å². The Morgan fingerprint density at radius 3 is 0.915 bits per heavy atom. The Morgan fingerprint density at radius 2 is 0.660 bits per heavy atom. The number of carbonyl (C=O) groups is 7. The van der Waals surface area contributed by atoms with Crippen LogP contribution in [-0.4, -0.2) is 120 Å². The van der Waals surface area contributed by atoms with Crippen LogP contribution in [0.2, 0.25) is 0 Å². The number of amides is 5. The minimum Gasteiger partial charge on any atom is -0.475 e. The topological polar surface area (TPSA) is 263 Å². The minimum atomic E-state index is -5.08. The summed E-state index contributed by atoms with van der Waals surface area (Å²) in [5.41, 5.74) is 12.9. The molecule has 0 saturated carbocycles. The molecule has 0 aromatic heterocycles. The molecule has 0 saturated heterocycles. The van der Waals surface area contributed by atoms with Crippen molar-refractivity contribution in [3.63, 3.8) is 0 Å². The van der Waals surface area contributed by atoms with E-state index in [1.165, 1.54) is 135 Å². The highest BCUT2D eigenvalue weighted by atomic mass is 19.4. The fraction of sp³-hybridized carbons (Fsp3) is 0.708. The fourth-order valence-corrected chi connectivity index (χ4v) is 10.3. The first-order chi connectivity index (χ1) is 45.0. The summed E-state index contributed by atoms with van der Waals surface area (Å²) in [5, 5.41) is 27.0. The van der Waals surface area contributed by atoms with E-state index in [1.54, 1.807) is 41.3 Å². The molecule has 0 bridgehead atoms. The lowest BCUT2D eigenvalue weighted by Gasteiger charge is -2.35. The Morgan fingerprint density at radius 1 is 0.404 bits per heavy atom. The Labute approximate surface area is 558 Å². The first-order valence-electron chi connectivity index (χ1n) is 35.1. The summed E-state index contributed by atoms with van der Waals surface area (Å²) in [4.78, 5) is 87.9. The number of hydrogen-bond donors (Lipinski definition) is 8. The van der Waals surface area contributed by atoms with Crippen molar-refractivity contribution >= 4 is 41.5 Å². The van der Waals surface area contributed by atoms with Crippen LogP contribution in [0.25, 0.3) is 0 Å². The maximum absolute atomic E-state index is 14.4. The van der Waals surface area contributed by atoms with E-state index in [0.29, 0.717) is 62.5 Å². The van der Waals surface area contributed by atoms with Crippen molar-refractivity contribution in [1.82, 2.24) is 26.2 Å². The van der Waals surface area contributed by atoms with Gasteiger partial charge in [0.2, 0.25) is 17.7 Å². The van der Waals surface area contributed by atoms with Crippen LogP contribution in [0.5, 0.6) is 0 Å². The summed E-state index contributed by atoms with van der Waals surface area (Å²) < 4.78 is 63.5. The highest BCUT2D eigenvalue weighted by Crippen LogP contribution is 2.28. The summed E-state index contributed by atoms with van der Waals surface area (Å²) >= 11 is 0. The number of alkyl halides is 6. The van der Waals surface area contributed by atoms with Gasteiger partial charge < -0.3 is 47.8 Å². The summed E-state index contributed by atoms with van der Waals surface area (Å²) in [5.74, 6) is 0.192. The van der Waals surface area contributed by atoms with Crippen LogP contribution in [0.3, 0.4) is 0 Å². The molecule has 22 heteroatoms. The van der Waals surface area contributed by atoms with Crippen LogP contribution in [0.4, 0.5) is 26.3 Å². The fourth-order valence-electron chi connectivity index (χ4n) is 10.3. The molecule has 10 N–H and O–H groups in total. The zero-order chi connectivity index (χ0) is 70.1. The van der Waals surface area contributed by atoms with E-state index >= 15 is 0 Å². The number of carboxylic acid groups (broad SMARTS) is 2. The van der Waals surface area contributed by atoms with Gasteiger partial charge in [-0.05, 0) is 113 Å². The molecule has 536 valence electrons. The lowest BCUT2D eigenvalue weighted by Crippen LogP contribution is -2.50. The van der Waals surface area contributed by atoms with E-state index in [9.17, 15) is 50.3 Å². The number of nitrogens with one attached hydrogen (secondary N) is 4. The maximum atomic E-state index is 14.4. The third-order valence-electron chi connectivity index (χ3n) is 16.1. The zero-order valence-corrected chi connectivity index (χ0v) is 57.1. The second-order valence-corrected chi connectivity index (χ2v) is 24.4. The van der Waals surface area contributed by atoms with Crippen LogP contribution >= 0.6 is 0 Å². The predicted molar refractivity (Wildman–Crippen MR) is 362 cm³/mol. The smallest absolute Gasteiger partial charge is 0.475 e. The van der Waals surface area contributed by atoms with Crippen molar-refractivity contribution in [3.8, 4) is 11.8 Å². The van der Waals surface area contributed by atoms with Gasteiger partial charge >= 0.3 is 24.3 Å². The number of halogens is 6. The molecule has 16 nitrogen and oxygen atoms in total. The van der Waals surface area contributed by atoms with Gasteiger partial charge in [-0.1, -0.05) is 206 Å². The largest absolute Gasteiger partial charge is 0.490 e. The van der Waals surface area contributed by atoms with Gasteiger partial charge in [-0.3, -0.25) is 24.0 Å². The Kier molecular flexibility index (Phi) is 52.3. The van der Waals surface area contributed by atoms with Gasteiger partial charge in [-0.15, -0.1) is 0 Å². The van der Waals surface area contributed by atoms with Crippen molar-refractivity contribution in [1.29, 1.82) is 0 Å². The van der Waals surface area contributed by atoms with Crippen molar-refractivity contribution < 1.29 is 70.1 Å². The van der Waals surface area contributed by atoms with E-state index < -0.39 is 29.8 Å². The van der Waals surface area contributed by atoms with Gasteiger partial charge in [0.15, 0.2) is 0 Å². The molecule has 5 amide bonds. The number of nitrogens with two attached hydrogens (primary N) is 2. The number of aliphatic carboxylic acids is 2. The van der Waals surface area contributed by atoms with Gasteiger partial charge in [0.25, 0.3) is 11.8 Å². The first-order valence-corrected chi connectivity index (χ1v) is 35.1. The predicted octanol–water partition coefficient (Wildman–Crippen LogP) is 15.4. The molecule has 2 aromatic carbocycles. The van der Waals surface area contributed by atoms with Crippen molar-refractivity contribution in [3.05, 3.63) is 70.8 Å². The number of carboxylic acids is 2. The zero-order valence-electron chi connectivity index (χ0n) is 57.1. The first kappa shape index (κ1) is 87.8. The summed E-state index contributed by atoms with van der Waals surface area (Å²) in [7, 11) is 0. The normalized spacial score (nSPS) is 11.2. The van der Waals surface area contributed by atoms with E-state index in [-0.39, 0.29) is 68.1 Å². The molecule has 0 aliphatic heterocycles. The molecule has 2 aromatic rings. The van der Waals surface area contributed by atoms with E-state index in [0.717, 1.165) is 76.2 Å². The summed E-state index contributed by atoms with van der Waals surface area (Å²) in [6.45, 7) is 10.7. The second-order valence-electron chi connectivity index (χ2n) is 24.4. The maximum Gasteiger partial charge on any atom is 0.490 e. The van der Waals surface area contributed by atoms with Gasteiger partial charge in [-0.25, -0.2) is 9.59 Å². The third kappa shape index (κ3) is 48.5. The molecule has 0 radical (unpaired) electrons. The molecule has 2 rings (SSSR count). The van der Waals surface area contributed by atoms with Crippen molar-refractivity contribution in [2.24, 2.45) is 11.5 Å². The van der Waals surface area contributed by atoms with Gasteiger partial charge in [0.05, 0.1) is 0 Å². The van der Waals surface area contributed by atoms with Crippen LogP contribution in [0, 0.1) is 11.8 Å². The molecule has 0 fully saturated rings. The molecular weight excluding hydrogens is 1220 g/mol. The molecular formula is C72H117F6N7O9. The highest BCUT2D eigenvalue weighted by molar-refractivity contribution is 5.95. The number of rotatable bonds is 51. The molecule has 94 heavy (non-hydrogen) atoms. The molecule has 0 atom stereocenters. The van der Waals surface area contributed by atoms with Crippen molar-refractivity contribution in [2.45, 2.75) is 283 Å². The molecule has 0 heterocycles. The lowest BCUT2D eigenvalue weighted by atomic mass is 9.82. The number of carbonyl (C=O) groups excluding carboxylic acids is 5. The standard InChI is InChI=1S/C68H115N7O5.2C2HF3O2/c1-4-7-10-13-16-19-22-25-28-31-54-71-63(76)46-49-68(50-47-64(77)72-55-32-29-26-23-20-17-14-11-8-5-2,51-48-65(78)73-56-33-30-27-24-21-18-15-12-9-6-3)74-66(79)61-42-38-59(39-43-61)36-37-60-40-44-62(45-41-60)67(80)75(57-34-52-69)58-35-53-70;2*3-2(4,5)1(6)7/h38-45H,4-35,46-58,69-70H2,1-3H3,(H,71,76)(H,72,77)(H,73,78)(H,74,79);2*(H,6,7). The number of benzene rings is 2. The lowest BCUT2D eigenvalue weighted by molar-refractivity contribution is -0.193. The quantitative estimate of drug-likeness (QED) is 0.0175. The third-order valence-corrected chi connectivity index (χ3v) is 16.1. The van der Waals surface area contributed by atoms with Crippen LogP contribution in [-0.2, 0) is 24.0 Å². The average molecular weight is 1340 g/mol. The average Bonchev–Trinajstić information content (AvgIpc) is 1.05. The van der Waals surface area contributed by atoms with Crippen molar-refractivity contribution in [2.75, 3.05) is 45.8 Å². The second kappa shape index (κ2) is 56.0.